The van der Waals surface area contributed by atoms with Crippen molar-refractivity contribution in [3.63, 3.8) is 0 Å². The molecule has 0 saturated heterocycles. The number of anilines is 15. The minimum atomic E-state index is 0. The number of hydrogen-bond donors (Lipinski definition) is 0. The van der Waals surface area contributed by atoms with Crippen molar-refractivity contribution in [1.29, 1.82) is 0 Å². The van der Waals surface area contributed by atoms with Crippen LogP contribution in [0.2, 0.25) is 0 Å². The predicted octanol–water partition coefficient (Wildman–Crippen LogP) is 28.5. The molecule has 5 aliphatic heterocycles. The van der Waals surface area contributed by atoms with E-state index >= 15 is 0 Å². The van der Waals surface area contributed by atoms with Crippen molar-refractivity contribution in [2.24, 2.45) is 0 Å². The number of aromatic nitrogens is 7. The van der Waals surface area contributed by atoms with Gasteiger partial charge in [-0.15, -0.1) is 0 Å². The van der Waals surface area contributed by atoms with E-state index in [0.717, 1.165) is 201 Å². The van der Waals surface area contributed by atoms with Crippen molar-refractivity contribution < 1.29 is 22.1 Å². The molecule has 0 saturated carbocycles. The quantitative estimate of drug-likeness (QED) is 0.140. The van der Waals surface area contributed by atoms with E-state index in [1.165, 1.54) is 22.4 Å². The predicted molar refractivity (Wildman–Crippen MR) is 550 cm³/mol. The Labute approximate surface area is 775 Å². The molecule has 5 aliphatic rings. The zero-order chi connectivity index (χ0) is 90.4. The van der Waals surface area contributed by atoms with Crippen molar-refractivity contribution in [1.82, 2.24) is 34.9 Å². The maximum Gasteiger partial charge on any atom is 0.178 e. The first-order valence-electron chi connectivity index (χ1n) is 45.3. The van der Waals surface area contributed by atoms with Crippen LogP contribution in [0.25, 0.3) is 110 Å². The van der Waals surface area contributed by atoms with Gasteiger partial charge in [0.05, 0.1) is 45.5 Å². The van der Waals surface area contributed by atoms with Crippen LogP contribution < -0.4 is 49.0 Å². The summed E-state index contributed by atoms with van der Waals surface area (Å²) in [6.45, 7) is 35.0. The van der Waals surface area contributed by atoms with E-state index in [0.29, 0.717) is 18.1 Å². The van der Waals surface area contributed by atoms with Crippen LogP contribution >= 0.6 is 0 Å². The Morgan fingerprint density at radius 2 is 0.474 bits per heavy atom. The Kier molecular flexibility index (Phi) is 22.5. The maximum atomic E-state index is 6.36. The van der Waals surface area contributed by atoms with Gasteiger partial charge in [-0.1, -0.05) is 167 Å². The van der Waals surface area contributed by atoms with Crippen LogP contribution in [0.3, 0.4) is 0 Å². The van der Waals surface area contributed by atoms with Crippen molar-refractivity contribution in [2.45, 2.75) is 175 Å². The SMILES string of the molecule is C.C.Cc1ccc2c(oc3ccccc32)c1N1c2cccnc2N(C(C)C)C1C.Cc1ccc2c(oc3ccccc32)c1N1c2cccnc2N(C)C1C.Cc1ccc2c(oc3ccccc32)c1N1c2ncccc2N(C(C)C)C1C.Cc1ccc2c(oc3ccccc32)c1N1c2nccnc2N(C(C)C)C1C.Cc1ccc2c(oc3ccccc32)c1N1c2nccnc2N(C)C1C. The van der Waals surface area contributed by atoms with Crippen molar-refractivity contribution in [3.05, 3.63) is 290 Å². The lowest BCUT2D eigenvalue weighted by atomic mass is 10.1. The first kappa shape index (κ1) is 87.2. The fourth-order valence-corrected chi connectivity index (χ4v) is 20.8. The molecular weight excluding hydrogens is 1650 g/mol. The number of para-hydroxylation sites is 5. The van der Waals surface area contributed by atoms with Crippen LogP contribution in [0.5, 0.6) is 0 Å². The number of pyridine rings is 3. The van der Waals surface area contributed by atoms with Crippen LogP contribution in [0.15, 0.2) is 284 Å². The highest BCUT2D eigenvalue weighted by Crippen LogP contribution is 2.55. The number of fused-ring (bicyclic) bond motifs is 20. The summed E-state index contributed by atoms with van der Waals surface area (Å²) in [5.74, 6) is 6.60. The first-order valence-corrected chi connectivity index (χ1v) is 45.3. The zero-order valence-electron chi connectivity index (χ0n) is 77.1. The van der Waals surface area contributed by atoms with E-state index in [1.807, 2.05) is 111 Å². The van der Waals surface area contributed by atoms with Gasteiger partial charge in [0.1, 0.15) is 58.7 Å². The molecule has 5 unspecified atom stereocenters. The molecule has 672 valence electrons. The summed E-state index contributed by atoms with van der Waals surface area (Å²) < 4.78 is 31.6. The number of rotatable bonds is 8. The largest absolute Gasteiger partial charge is 0.454 e. The maximum absolute atomic E-state index is 6.36. The lowest BCUT2D eigenvalue weighted by Gasteiger charge is -2.33. The fourth-order valence-electron chi connectivity index (χ4n) is 20.8. The monoisotopic (exact) mass is 1760 g/mol. The van der Waals surface area contributed by atoms with E-state index in [9.17, 15) is 0 Å². The number of benzene rings is 10. The summed E-state index contributed by atoms with van der Waals surface area (Å²) in [6.07, 6.45) is 13.3. The normalized spacial score (nSPS) is 16.5. The molecule has 0 radical (unpaired) electrons. The highest BCUT2D eigenvalue weighted by atomic mass is 16.3. The van der Waals surface area contributed by atoms with Gasteiger partial charge in [-0.25, -0.2) is 34.9 Å². The van der Waals surface area contributed by atoms with Gasteiger partial charge in [0.25, 0.3) is 0 Å². The molecule has 5 atom stereocenters. The number of nitrogens with zero attached hydrogens (tertiary/aromatic N) is 17. The van der Waals surface area contributed by atoms with E-state index in [2.05, 4.69) is 325 Å². The minimum absolute atomic E-state index is 0. The molecule has 0 N–H and O–H groups in total. The summed E-state index contributed by atoms with van der Waals surface area (Å²) in [5.41, 5.74) is 24.1. The molecule has 0 spiro atoms. The smallest absolute Gasteiger partial charge is 0.178 e. The van der Waals surface area contributed by atoms with Crippen LogP contribution in [-0.2, 0) is 0 Å². The van der Waals surface area contributed by atoms with Gasteiger partial charge >= 0.3 is 0 Å². The number of hydrogen-bond acceptors (Lipinski definition) is 22. The van der Waals surface area contributed by atoms with Crippen LogP contribution in [-0.4, -0.2) is 97.9 Å². The van der Waals surface area contributed by atoms with Crippen molar-refractivity contribution in [3.8, 4) is 0 Å². The summed E-state index contributed by atoms with van der Waals surface area (Å²) in [4.78, 5) is 55.4. The Morgan fingerprint density at radius 3 is 0.850 bits per heavy atom. The molecule has 0 fully saturated rings. The fraction of sp³-hybridized carbons (Fsp3) is 0.252. The molecule has 22 heteroatoms. The standard InChI is InChI=1S/2C23H23N3O.C22H22N4O.C21H19N3O.C20H18N4O.2CH4/c1-14(2)25-16(4)26(19-9-7-13-24-23(19)25)21-15(3)11-12-18-17-8-5-6-10-20(17)27-22(18)21;1-14(2)25-16(4)26(23-19(25)9-7-13-24-23)21-15(3)11-12-18-17-8-5-6-10-20(17)27-22(18)21;1-13(2)25-15(4)26(22-21(25)23-11-12-24-22)19-14(3)9-10-17-16-7-5-6-8-18(16)27-20(17)19;1-13-10-11-16-15-7-4-5-9-18(15)25-20(16)19(13)24-14(2)23(3)21-17(24)8-6-12-22-21;1-12-8-9-15-14-6-4-5-7-16(14)25-18(15)17(12)24-13(2)23(3)19-20(24)22-11-10-21-19;;/h2*5-14,16H,1-4H3;5-13,15H,1-4H3;4-12,14H,1-3H3;4-11,13H,1-3H3;2*1H4. The van der Waals surface area contributed by atoms with E-state index in [1.54, 1.807) is 24.8 Å². The third kappa shape index (κ3) is 14.0. The topological polar surface area (TPSA) is 188 Å². The Hall–Kier alpha value is -15.2. The van der Waals surface area contributed by atoms with Gasteiger partial charge in [-0.2, -0.15) is 0 Å². The minimum Gasteiger partial charge on any atom is -0.454 e. The molecular formula is C111H113N17O5. The van der Waals surface area contributed by atoms with E-state index in [4.69, 9.17) is 32.1 Å². The van der Waals surface area contributed by atoms with Crippen LogP contribution in [0, 0.1) is 34.6 Å². The van der Waals surface area contributed by atoms with Gasteiger partial charge in [-0.05, 0) is 205 Å². The second-order valence-corrected chi connectivity index (χ2v) is 35.7. The Bertz CT molecular complexity index is 7220. The molecule has 22 nitrogen and oxygen atoms in total. The van der Waals surface area contributed by atoms with Gasteiger partial charge in [0.15, 0.2) is 68.6 Å². The third-order valence-corrected chi connectivity index (χ3v) is 26.9. The molecule has 0 bridgehead atoms. The summed E-state index contributed by atoms with van der Waals surface area (Å²) >= 11 is 0. The lowest BCUT2D eigenvalue weighted by molar-refractivity contribution is 0.598. The Morgan fingerprint density at radius 1 is 0.226 bits per heavy atom. The highest BCUT2D eigenvalue weighted by Gasteiger charge is 2.44. The van der Waals surface area contributed by atoms with Crippen molar-refractivity contribution in [2.75, 3.05) is 63.1 Å². The average Bonchev–Trinajstić information content (AvgIpc) is 1.66. The molecule has 25 rings (SSSR count). The number of aryl methyl sites for hydroxylation is 5. The van der Waals surface area contributed by atoms with E-state index in [-0.39, 0.29) is 45.7 Å². The molecule has 15 heterocycles. The van der Waals surface area contributed by atoms with E-state index < -0.39 is 0 Å². The summed E-state index contributed by atoms with van der Waals surface area (Å²) in [5, 5.41) is 11.5. The van der Waals surface area contributed by atoms with Crippen LogP contribution in [0.1, 0.15) is 119 Å². The average molecular weight is 1770 g/mol. The second-order valence-electron chi connectivity index (χ2n) is 35.7. The summed E-state index contributed by atoms with van der Waals surface area (Å²) in [7, 11) is 4.14. The molecule has 0 amide bonds. The molecule has 10 aromatic carbocycles. The molecule has 133 heavy (non-hydrogen) atoms. The van der Waals surface area contributed by atoms with Gasteiger partial charge in [-0.3, -0.25) is 9.80 Å². The summed E-state index contributed by atoms with van der Waals surface area (Å²) in [6, 6.07) is 76.3. The Balaban J connectivity index is 0.000000107. The van der Waals surface area contributed by atoms with Crippen molar-refractivity contribution >= 4 is 196 Å². The second kappa shape index (κ2) is 34.3. The molecule has 20 aromatic rings. The van der Waals surface area contributed by atoms with Gasteiger partial charge < -0.3 is 61.3 Å². The highest BCUT2D eigenvalue weighted by molar-refractivity contribution is 6.16. The molecule has 0 aliphatic carbocycles. The van der Waals surface area contributed by atoms with Gasteiger partial charge in [0.2, 0.25) is 0 Å². The zero-order valence-corrected chi connectivity index (χ0v) is 77.1. The third-order valence-electron chi connectivity index (χ3n) is 26.9. The van der Waals surface area contributed by atoms with Crippen LogP contribution in [0.4, 0.5) is 86.2 Å². The lowest BCUT2D eigenvalue weighted by Crippen LogP contribution is -2.42. The molecule has 10 aromatic heterocycles. The first-order chi connectivity index (χ1) is 63.6. The number of furan rings is 5. The van der Waals surface area contributed by atoms with Gasteiger partial charge in [0, 0.05) is 129 Å².